The van der Waals surface area contributed by atoms with Gasteiger partial charge in [0.2, 0.25) is 0 Å². The predicted molar refractivity (Wildman–Crippen MR) is 54.4 cm³/mol. The van der Waals surface area contributed by atoms with E-state index in [2.05, 4.69) is 5.32 Å². The number of hydrogen-bond donors (Lipinski definition) is 2. The highest BCUT2D eigenvalue weighted by Gasteiger charge is 2.07. The molecule has 2 amide bonds. The van der Waals surface area contributed by atoms with Crippen LogP contribution in [0.1, 0.15) is 5.56 Å². The molecule has 5 heteroatoms. The van der Waals surface area contributed by atoms with Gasteiger partial charge in [-0.2, -0.15) is 0 Å². The maximum Gasteiger partial charge on any atom is 0.316 e. The van der Waals surface area contributed by atoms with Gasteiger partial charge in [-0.25, -0.2) is 4.79 Å². The molecular formula is C8H8Cl2N2O. The van der Waals surface area contributed by atoms with Gasteiger partial charge in [0.05, 0.1) is 10.0 Å². The minimum Gasteiger partial charge on any atom is -0.351 e. The third-order valence-electron chi connectivity index (χ3n) is 1.60. The Hall–Kier alpha value is -0.930. The molecule has 0 radical (unpaired) electrons. The first kappa shape index (κ1) is 10.2. The van der Waals surface area contributed by atoms with Crippen LogP contribution < -0.4 is 11.1 Å². The standard InChI is InChI=1S/C8H8Cl2N2O/c1-4-6(12-8(11)13)3-2-5(9)7(4)10/h2-3H,1H3,(H3,11,12,13). The molecule has 0 heterocycles. The zero-order valence-corrected chi connectivity index (χ0v) is 8.41. The highest BCUT2D eigenvalue weighted by atomic mass is 35.5. The summed E-state index contributed by atoms with van der Waals surface area (Å²) in [5.41, 5.74) is 6.23. The molecule has 0 saturated heterocycles. The van der Waals surface area contributed by atoms with Gasteiger partial charge in [0.25, 0.3) is 0 Å². The van der Waals surface area contributed by atoms with Gasteiger partial charge in [-0.15, -0.1) is 0 Å². The lowest BCUT2D eigenvalue weighted by Crippen LogP contribution is -2.19. The van der Waals surface area contributed by atoms with Crippen LogP contribution in [-0.4, -0.2) is 6.03 Å². The van der Waals surface area contributed by atoms with Gasteiger partial charge in [0.1, 0.15) is 0 Å². The molecule has 0 aliphatic heterocycles. The van der Waals surface area contributed by atoms with E-state index in [0.29, 0.717) is 21.3 Å². The van der Waals surface area contributed by atoms with Crippen molar-refractivity contribution < 1.29 is 4.79 Å². The number of nitrogens with one attached hydrogen (secondary N) is 1. The van der Waals surface area contributed by atoms with Gasteiger partial charge < -0.3 is 11.1 Å². The summed E-state index contributed by atoms with van der Waals surface area (Å²) in [6.07, 6.45) is 0. The van der Waals surface area contributed by atoms with E-state index in [0.717, 1.165) is 0 Å². The maximum absolute atomic E-state index is 10.6. The van der Waals surface area contributed by atoms with Crippen LogP contribution in [0.5, 0.6) is 0 Å². The third kappa shape index (κ3) is 2.26. The summed E-state index contributed by atoms with van der Waals surface area (Å²) in [4.78, 5) is 10.6. The van der Waals surface area contributed by atoms with E-state index in [1.807, 2.05) is 0 Å². The van der Waals surface area contributed by atoms with Crippen LogP contribution in [0.25, 0.3) is 0 Å². The number of halogens is 2. The number of nitrogens with two attached hydrogens (primary N) is 1. The molecule has 0 spiro atoms. The summed E-state index contributed by atoms with van der Waals surface area (Å²) in [6.45, 7) is 1.75. The van der Waals surface area contributed by atoms with Crippen molar-refractivity contribution in [3.05, 3.63) is 27.7 Å². The average molecular weight is 219 g/mol. The van der Waals surface area contributed by atoms with Crippen LogP contribution in [0.4, 0.5) is 10.5 Å². The number of urea groups is 1. The molecule has 0 aromatic heterocycles. The lowest BCUT2D eigenvalue weighted by atomic mass is 10.2. The van der Waals surface area contributed by atoms with Gasteiger partial charge >= 0.3 is 6.03 Å². The second-order valence-electron chi connectivity index (χ2n) is 2.52. The zero-order valence-electron chi connectivity index (χ0n) is 6.90. The zero-order chi connectivity index (χ0) is 10.0. The molecule has 0 bridgehead atoms. The molecule has 1 aromatic carbocycles. The summed E-state index contributed by atoms with van der Waals surface area (Å²) >= 11 is 11.6. The Balaban J connectivity index is 3.10. The largest absolute Gasteiger partial charge is 0.351 e. The lowest BCUT2D eigenvalue weighted by molar-refractivity contribution is 0.259. The van der Waals surface area contributed by atoms with Crippen LogP contribution in [0.15, 0.2) is 12.1 Å². The molecular weight excluding hydrogens is 211 g/mol. The fourth-order valence-electron chi connectivity index (χ4n) is 0.920. The molecule has 0 aliphatic carbocycles. The number of anilines is 1. The highest BCUT2D eigenvalue weighted by molar-refractivity contribution is 6.42. The second-order valence-corrected chi connectivity index (χ2v) is 3.31. The minimum absolute atomic E-state index is 0.424. The van der Waals surface area contributed by atoms with Crippen molar-refractivity contribution >= 4 is 34.9 Å². The number of rotatable bonds is 1. The van der Waals surface area contributed by atoms with Crippen molar-refractivity contribution in [3.8, 4) is 0 Å². The Morgan fingerprint density at radius 2 is 2.08 bits per heavy atom. The van der Waals surface area contributed by atoms with E-state index < -0.39 is 6.03 Å². The maximum atomic E-state index is 10.6. The van der Waals surface area contributed by atoms with Crippen molar-refractivity contribution in [1.82, 2.24) is 0 Å². The van der Waals surface area contributed by atoms with Crippen LogP contribution in [0.3, 0.4) is 0 Å². The van der Waals surface area contributed by atoms with E-state index in [1.54, 1.807) is 19.1 Å². The second kappa shape index (κ2) is 3.85. The number of hydrogen-bond acceptors (Lipinski definition) is 1. The predicted octanol–water partition coefficient (Wildman–Crippen LogP) is 2.79. The number of carbonyl (C=O) groups excluding carboxylic acids is 1. The third-order valence-corrected chi connectivity index (χ3v) is 2.50. The van der Waals surface area contributed by atoms with E-state index in [1.165, 1.54) is 0 Å². The van der Waals surface area contributed by atoms with Gasteiger partial charge in [-0.3, -0.25) is 0 Å². The monoisotopic (exact) mass is 218 g/mol. The van der Waals surface area contributed by atoms with Crippen LogP contribution in [-0.2, 0) is 0 Å². The van der Waals surface area contributed by atoms with E-state index in [4.69, 9.17) is 28.9 Å². The molecule has 13 heavy (non-hydrogen) atoms. The Bertz CT molecular complexity index is 352. The Kier molecular flexibility index (Phi) is 3.01. The quantitative estimate of drug-likeness (QED) is 0.749. The number of carbonyl (C=O) groups is 1. The summed E-state index contributed by atoms with van der Waals surface area (Å²) in [7, 11) is 0. The lowest BCUT2D eigenvalue weighted by Gasteiger charge is -2.08. The SMILES string of the molecule is Cc1c(NC(N)=O)ccc(Cl)c1Cl. The van der Waals surface area contributed by atoms with Crippen molar-refractivity contribution in [3.63, 3.8) is 0 Å². The molecule has 1 rings (SSSR count). The van der Waals surface area contributed by atoms with Crippen molar-refractivity contribution in [2.24, 2.45) is 5.73 Å². The molecule has 1 aromatic rings. The van der Waals surface area contributed by atoms with E-state index in [-0.39, 0.29) is 0 Å². The normalized spacial score (nSPS) is 9.77. The van der Waals surface area contributed by atoms with Crippen molar-refractivity contribution in [1.29, 1.82) is 0 Å². The molecule has 3 N–H and O–H groups in total. The van der Waals surface area contributed by atoms with Gasteiger partial charge in [0, 0.05) is 5.69 Å². The molecule has 70 valence electrons. The first-order valence-corrected chi connectivity index (χ1v) is 4.29. The summed E-state index contributed by atoms with van der Waals surface area (Å²) in [6, 6.07) is 2.62. The van der Waals surface area contributed by atoms with Gasteiger partial charge in [-0.1, -0.05) is 23.2 Å². The Morgan fingerprint density at radius 1 is 1.46 bits per heavy atom. The number of benzene rings is 1. The van der Waals surface area contributed by atoms with Crippen molar-refractivity contribution in [2.45, 2.75) is 6.92 Å². The fourth-order valence-corrected chi connectivity index (χ4v) is 1.29. The Labute approximate surface area is 85.8 Å². The molecule has 0 unspecified atom stereocenters. The highest BCUT2D eigenvalue weighted by Crippen LogP contribution is 2.30. The summed E-state index contributed by atoms with van der Waals surface area (Å²) in [5.74, 6) is 0. The number of primary amides is 1. The fraction of sp³-hybridized carbons (Fsp3) is 0.125. The molecule has 0 aliphatic rings. The minimum atomic E-state index is -0.624. The summed E-state index contributed by atoms with van der Waals surface area (Å²) in [5, 5.41) is 3.31. The molecule has 0 saturated carbocycles. The molecule has 0 atom stereocenters. The first-order chi connectivity index (χ1) is 6.02. The van der Waals surface area contributed by atoms with Gasteiger partial charge in [-0.05, 0) is 24.6 Å². The Morgan fingerprint density at radius 3 is 2.62 bits per heavy atom. The number of amides is 2. The van der Waals surface area contributed by atoms with E-state index >= 15 is 0 Å². The van der Waals surface area contributed by atoms with Gasteiger partial charge in [0.15, 0.2) is 0 Å². The average Bonchev–Trinajstić information content (AvgIpc) is 2.06. The van der Waals surface area contributed by atoms with Crippen LogP contribution in [0, 0.1) is 6.92 Å². The van der Waals surface area contributed by atoms with E-state index in [9.17, 15) is 4.79 Å². The molecule has 3 nitrogen and oxygen atoms in total. The van der Waals surface area contributed by atoms with Crippen LogP contribution in [0.2, 0.25) is 10.0 Å². The van der Waals surface area contributed by atoms with Crippen molar-refractivity contribution in [2.75, 3.05) is 5.32 Å². The smallest absolute Gasteiger partial charge is 0.316 e. The molecule has 0 fully saturated rings. The topological polar surface area (TPSA) is 55.1 Å². The summed E-state index contributed by atoms with van der Waals surface area (Å²) < 4.78 is 0. The first-order valence-electron chi connectivity index (χ1n) is 3.53. The van der Waals surface area contributed by atoms with Crippen LogP contribution >= 0.6 is 23.2 Å².